The normalized spacial score (nSPS) is 14.0. The first-order valence-corrected chi connectivity index (χ1v) is 16.9. The maximum Gasteiger partial charge on any atom is 0.335 e. The number of carbonyl (C=O) groups excluding carboxylic acids is 2. The quantitative estimate of drug-likeness (QED) is 0.170. The summed E-state index contributed by atoms with van der Waals surface area (Å²) in [4.78, 5) is 62.4. The number of hydrogen-bond donors (Lipinski definition) is 4. The number of nitrogens with zero attached hydrogens (tertiary/aromatic N) is 2. The second-order valence-electron chi connectivity index (χ2n) is 12.0. The molecule has 1 aromatic heterocycles. The number of ether oxygens (including phenoxy) is 1. The van der Waals surface area contributed by atoms with E-state index in [0.717, 1.165) is 16.7 Å². The molecule has 1 atom stereocenters. The minimum absolute atomic E-state index is 0.228. The van der Waals surface area contributed by atoms with E-state index in [1.54, 1.807) is 13.8 Å². The van der Waals surface area contributed by atoms with E-state index in [9.17, 15) is 37.5 Å². The number of halogens is 2. The molecule has 1 saturated carbocycles. The van der Waals surface area contributed by atoms with E-state index in [2.05, 4.69) is 10.6 Å². The first-order valence-electron chi connectivity index (χ1n) is 15.4. The highest BCUT2D eigenvalue weighted by Crippen LogP contribution is 2.40. The topological polar surface area (TPSA) is 195 Å². The second kappa shape index (κ2) is 13.9. The number of sulfonamides is 1. The highest BCUT2D eigenvalue weighted by molar-refractivity contribution is 7.92. The van der Waals surface area contributed by atoms with Gasteiger partial charge in [-0.15, -0.1) is 0 Å². The molecular weight excluding hydrogens is 692 g/mol. The van der Waals surface area contributed by atoms with Crippen LogP contribution in [0.1, 0.15) is 40.0 Å². The zero-order valence-corrected chi connectivity index (χ0v) is 28.6. The molecule has 0 saturated heterocycles. The third-order valence-corrected chi connectivity index (χ3v) is 10.1. The first kappa shape index (κ1) is 36.6. The maximum atomic E-state index is 15.1. The number of amides is 2. The molecule has 1 fully saturated rings. The molecule has 0 bridgehead atoms. The average Bonchev–Trinajstić information content (AvgIpc) is 3.90. The van der Waals surface area contributed by atoms with Gasteiger partial charge in [0.05, 0.1) is 21.8 Å². The van der Waals surface area contributed by atoms with E-state index < -0.39 is 67.7 Å². The van der Waals surface area contributed by atoms with Crippen LogP contribution in [0, 0.1) is 25.5 Å². The summed E-state index contributed by atoms with van der Waals surface area (Å²) in [5.41, 5.74) is -1.95. The number of hydrogen-bond acceptors (Lipinski definition) is 8. The zero-order valence-electron chi connectivity index (χ0n) is 27.7. The summed E-state index contributed by atoms with van der Waals surface area (Å²) in [7, 11) is -1.53. The Morgan fingerprint density at radius 2 is 1.61 bits per heavy atom. The van der Waals surface area contributed by atoms with Crippen LogP contribution in [0.4, 0.5) is 20.2 Å². The highest BCUT2D eigenvalue weighted by atomic mass is 32.2. The summed E-state index contributed by atoms with van der Waals surface area (Å²) in [6.07, 6.45) is 0.793. The van der Waals surface area contributed by atoms with Crippen molar-refractivity contribution in [3.63, 3.8) is 0 Å². The summed E-state index contributed by atoms with van der Waals surface area (Å²) < 4.78 is 65.4. The summed E-state index contributed by atoms with van der Waals surface area (Å²) in [6.45, 7) is 3.22. The lowest BCUT2D eigenvalue weighted by Gasteiger charge is -2.17. The van der Waals surface area contributed by atoms with Crippen molar-refractivity contribution in [1.82, 2.24) is 14.5 Å². The molecule has 0 spiro atoms. The van der Waals surface area contributed by atoms with E-state index in [1.807, 2.05) is 4.72 Å². The molecule has 14 nitrogen and oxygen atoms in total. The summed E-state index contributed by atoms with van der Waals surface area (Å²) in [5, 5.41) is 14.5. The number of benzene rings is 3. The van der Waals surface area contributed by atoms with Crippen LogP contribution in [0.2, 0.25) is 0 Å². The molecule has 4 N–H and O–H groups in total. The molecule has 0 unspecified atom stereocenters. The molecule has 268 valence electrons. The Balaban J connectivity index is 1.27. The van der Waals surface area contributed by atoms with E-state index in [1.165, 1.54) is 55.1 Å². The van der Waals surface area contributed by atoms with Crippen molar-refractivity contribution < 1.29 is 41.4 Å². The van der Waals surface area contributed by atoms with Gasteiger partial charge in [0, 0.05) is 43.6 Å². The van der Waals surface area contributed by atoms with Gasteiger partial charge in [0.1, 0.15) is 23.3 Å². The van der Waals surface area contributed by atoms with Crippen LogP contribution in [0.15, 0.2) is 75.1 Å². The number of anilines is 2. The lowest BCUT2D eigenvalue weighted by atomic mass is 10.0. The fourth-order valence-electron chi connectivity index (χ4n) is 5.24. The van der Waals surface area contributed by atoms with Crippen molar-refractivity contribution >= 4 is 39.2 Å². The van der Waals surface area contributed by atoms with Crippen molar-refractivity contribution in [3.05, 3.63) is 116 Å². The zero-order chi connectivity index (χ0) is 37.4. The van der Waals surface area contributed by atoms with Crippen molar-refractivity contribution in [1.29, 1.82) is 0 Å². The van der Waals surface area contributed by atoms with Crippen molar-refractivity contribution in [2.24, 2.45) is 7.05 Å². The van der Waals surface area contributed by atoms with Gasteiger partial charge in [0.15, 0.2) is 0 Å². The summed E-state index contributed by atoms with van der Waals surface area (Å²) >= 11 is 0. The van der Waals surface area contributed by atoms with Crippen LogP contribution < -0.4 is 26.6 Å². The Bertz CT molecular complexity index is 2250. The smallest absolute Gasteiger partial charge is 0.335 e. The van der Waals surface area contributed by atoms with Crippen LogP contribution in [0.3, 0.4) is 0 Å². The van der Waals surface area contributed by atoms with Gasteiger partial charge in [-0.1, -0.05) is 12.1 Å². The summed E-state index contributed by atoms with van der Waals surface area (Å²) in [6, 6.07) is 9.94. The monoisotopic (exact) mass is 725 g/mol. The molecule has 51 heavy (non-hydrogen) atoms. The van der Waals surface area contributed by atoms with Crippen LogP contribution in [-0.4, -0.2) is 59.2 Å². The third kappa shape index (κ3) is 7.44. The van der Waals surface area contributed by atoms with E-state index in [4.69, 9.17) is 4.74 Å². The number of rotatable bonds is 12. The fraction of sp³-hybridized carbons (Fsp3) is 0.265. The molecule has 5 rings (SSSR count). The standard InChI is InChI=1S/C34H33F2N5O9S/c1-18-19(2)40(3)33(47)41(30(18)43)22-9-5-20(6-10-22)15-28(31(44)45)38-29(42)24-16-26(36)27(17-25(24)35)39-51(48,49)23-11-7-21(8-12-23)37-32(46)34(50-4)13-14-34/h5-12,16-17,28,39H,13-15H2,1-4H3,(H,37,46)(H,38,42)(H,44,45)/t28-/m0/s1. The van der Waals surface area contributed by atoms with Crippen molar-refractivity contribution in [2.45, 2.75) is 49.6 Å². The number of aromatic nitrogens is 2. The number of nitrogens with one attached hydrogen (secondary N) is 3. The molecule has 1 aliphatic rings. The highest BCUT2D eigenvalue weighted by Gasteiger charge is 2.50. The molecule has 1 heterocycles. The van der Waals surface area contributed by atoms with Crippen LogP contribution in [0.25, 0.3) is 5.69 Å². The molecule has 3 aromatic carbocycles. The molecular formula is C34H33F2N5O9S. The number of carboxylic acids is 1. The van der Waals surface area contributed by atoms with Gasteiger partial charge in [-0.2, -0.15) is 0 Å². The van der Waals surface area contributed by atoms with Gasteiger partial charge in [-0.25, -0.2) is 31.4 Å². The van der Waals surface area contributed by atoms with Gasteiger partial charge in [-0.3, -0.25) is 19.1 Å². The molecule has 4 aromatic rings. The lowest BCUT2D eigenvalue weighted by molar-refractivity contribution is -0.139. The van der Waals surface area contributed by atoms with Gasteiger partial charge < -0.3 is 25.0 Å². The predicted molar refractivity (Wildman–Crippen MR) is 181 cm³/mol. The second-order valence-corrected chi connectivity index (χ2v) is 13.7. The van der Waals surface area contributed by atoms with E-state index >= 15 is 8.78 Å². The minimum Gasteiger partial charge on any atom is -0.480 e. The van der Waals surface area contributed by atoms with E-state index in [-0.39, 0.29) is 28.6 Å². The number of methoxy groups -OCH3 is 1. The number of carboxylic acid groups (broad SMARTS) is 1. The van der Waals surface area contributed by atoms with Crippen molar-refractivity contribution in [2.75, 3.05) is 17.1 Å². The Hall–Kier alpha value is -5.68. The summed E-state index contributed by atoms with van der Waals surface area (Å²) in [5.74, 6) is -5.82. The van der Waals surface area contributed by atoms with E-state index in [0.29, 0.717) is 41.8 Å². The van der Waals surface area contributed by atoms with Gasteiger partial charge >= 0.3 is 11.7 Å². The first-order chi connectivity index (χ1) is 24.0. The fourth-order valence-corrected chi connectivity index (χ4v) is 6.30. The Kier molecular flexibility index (Phi) is 9.98. The van der Waals surface area contributed by atoms with Gasteiger partial charge in [0.25, 0.3) is 27.4 Å². The van der Waals surface area contributed by atoms with Crippen LogP contribution >= 0.6 is 0 Å². The Morgan fingerprint density at radius 3 is 2.18 bits per heavy atom. The van der Waals surface area contributed by atoms with Gasteiger partial charge in [-0.05, 0) is 74.7 Å². The molecule has 17 heteroatoms. The Labute approximate surface area is 289 Å². The van der Waals surface area contributed by atoms with Crippen molar-refractivity contribution in [3.8, 4) is 5.69 Å². The van der Waals surface area contributed by atoms with Crippen LogP contribution in [-0.2, 0) is 37.8 Å². The maximum absolute atomic E-state index is 15.1. The number of carbonyl (C=O) groups is 3. The average molecular weight is 726 g/mol. The molecule has 2 amide bonds. The molecule has 0 radical (unpaired) electrons. The van der Waals surface area contributed by atoms with Gasteiger partial charge in [0.2, 0.25) is 0 Å². The van der Waals surface area contributed by atoms with Crippen LogP contribution in [0.5, 0.6) is 0 Å². The Morgan fingerprint density at radius 1 is 0.980 bits per heavy atom. The number of aliphatic carboxylic acids is 1. The third-order valence-electron chi connectivity index (χ3n) is 8.76. The molecule has 1 aliphatic carbocycles. The molecule has 0 aliphatic heterocycles. The largest absolute Gasteiger partial charge is 0.480 e. The minimum atomic E-state index is -4.46. The SMILES string of the molecule is COC1(C(=O)Nc2ccc(S(=O)(=O)Nc3cc(F)c(C(=O)N[C@@H](Cc4ccc(-n5c(=O)c(C)c(C)n(C)c5=O)cc4)C(=O)O)cc3F)cc2)CC1. The lowest BCUT2D eigenvalue weighted by Crippen LogP contribution is -2.42. The predicted octanol–water partition coefficient (Wildman–Crippen LogP) is 2.78.